The molecule has 2 aromatic rings. The summed E-state index contributed by atoms with van der Waals surface area (Å²) in [7, 11) is 0. The zero-order valence-corrected chi connectivity index (χ0v) is 13.3. The highest BCUT2D eigenvalue weighted by molar-refractivity contribution is 6.43. The van der Waals surface area contributed by atoms with E-state index in [1.807, 2.05) is 26.0 Å². The minimum absolute atomic E-state index is 0.506. The van der Waals surface area contributed by atoms with Crippen LogP contribution in [0, 0.1) is 13.8 Å². The zero-order chi connectivity index (χ0) is 14.7. The Balaban J connectivity index is 2.59. The fraction of sp³-hybridized carbons (Fsp3) is 0.333. The molecule has 0 aliphatic rings. The third-order valence-electron chi connectivity index (χ3n) is 3.06. The predicted molar refractivity (Wildman–Crippen MR) is 85.7 cm³/mol. The number of nitrogens with zero attached hydrogens (tertiary/aromatic N) is 2. The van der Waals surface area contributed by atoms with Gasteiger partial charge in [-0.25, -0.2) is 9.97 Å². The topological polar surface area (TPSA) is 37.8 Å². The normalized spacial score (nSPS) is 10.7. The second-order valence-electron chi connectivity index (χ2n) is 4.62. The van der Waals surface area contributed by atoms with Gasteiger partial charge >= 0.3 is 0 Å². The Morgan fingerprint density at radius 1 is 1.10 bits per heavy atom. The number of anilines is 1. The van der Waals surface area contributed by atoms with E-state index in [9.17, 15) is 0 Å². The van der Waals surface area contributed by atoms with E-state index in [4.69, 9.17) is 23.2 Å². The van der Waals surface area contributed by atoms with Gasteiger partial charge < -0.3 is 5.32 Å². The molecule has 106 valence electrons. The van der Waals surface area contributed by atoms with Gasteiger partial charge in [0.05, 0.1) is 21.4 Å². The van der Waals surface area contributed by atoms with Crippen LogP contribution in [0.5, 0.6) is 0 Å². The molecule has 0 atom stereocenters. The maximum atomic E-state index is 6.30. The molecule has 0 bridgehead atoms. The lowest BCUT2D eigenvalue weighted by atomic mass is 10.1. The van der Waals surface area contributed by atoms with Gasteiger partial charge in [-0.1, -0.05) is 42.3 Å². The van der Waals surface area contributed by atoms with Crippen LogP contribution in [0.15, 0.2) is 18.2 Å². The number of nitrogens with one attached hydrogen (secondary N) is 1. The second-order valence-corrected chi connectivity index (χ2v) is 5.40. The van der Waals surface area contributed by atoms with Crippen LogP contribution < -0.4 is 5.32 Å². The lowest BCUT2D eigenvalue weighted by molar-refractivity contribution is 0.953. The van der Waals surface area contributed by atoms with Crippen molar-refractivity contribution in [2.24, 2.45) is 0 Å². The van der Waals surface area contributed by atoms with Crippen molar-refractivity contribution >= 4 is 29.0 Å². The van der Waals surface area contributed by atoms with Crippen molar-refractivity contribution in [3.63, 3.8) is 0 Å². The van der Waals surface area contributed by atoms with Gasteiger partial charge in [-0.3, -0.25) is 0 Å². The summed E-state index contributed by atoms with van der Waals surface area (Å²) < 4.78 is 0. The molecule has 1 N–H and O–H groups in total. The number of hydrogen-bond donors (Lipinski definition) is 1. The average molecular weight is 310 g/mol. The summed E-state index contributed by atoms with van der Waals surface area (Å²) in [5.74, 6) is 0.749. The van der Waals surface area contributed by atoms with E-state index < -0.39 is 0 Å². The van der Waals surface area contributed by atoms with Gasteiger partial charge in [0.1, 0.15) is 5.69 Å². The first kappa shape index (κ1) is 15.1. The molecule has 1 aromatic carbocycles. The van der Waals surface area contributed by atoms with E-state index in [2.05, 4.69) is 22.2 Å². The van der Waals surface area contributed by atoms with E-state index in [-0.39, 0.29) is 0 Å². The van der Waals surface area contributed by atoms with E-state index in [1.165, 1.54) is 0 Å². The van der Waals surface area contributed by atoms with Crippen LogP contribution in [0.1, 0.15) is 24.7 Å². The molecule has 1 aromatic heterocycles. The Morgan fingerprint density at radius 2 is 1.80 bits per heavy atom. The van der Waals surface area contributed by atoms with Gasteiger partial charge in [0.15, 0.2) is 5.82 Å². The first-order chi connectivity index (χ1) is 9.54. The highest BCUT2D eigenvalue weighted by Crippen LogP contribution is 2.35. The van der Waals surface area contributed by atoms with Crippen LogP contribution in [0.4, 0.5) is 5.82 Å². The molecule has 0 aliphatic heterocycles. The molecular formula is C15H17Cl2N3. The molecule has 0 radical (unpaired) electrons. The zero-order valence-electron chi connectivity index (χ0n) is 11.8. The Bertz CT molecular complexity index is 627. The van der Waals surface area contributed by atoms with Crippen LogP contribution in [0.2, 0.25) is 10.0 Å². The molecule has 20 heavy (non-hydrogen) atoms. The molecule has 2 rings (SSSR count). The molecule has 0 saturated carbocycles. The molecule has 5 heteroatoms. The van der Waals surface area contributed by atoms with Gasteiger partial charge in [0.2, 0.25) is 0 Å². The van der Waals surface area contributed by atoms with Crippen molar-refractivity contribution in [3.8, 4) is 11.3 Å². The molecule has 3 nitrogen and oxygen atoms in total. The molecule has 1 heterocycles. The van der Waals surface area contributed by atoms with Crippen molar-refractivity contribution in [1.29, 1.82) is 0 Å². The molecule has 0 saturated heterocycles. The van der Waals surface area contributed by atoms with Crippen molar-refractivity contribution in [1.82, 2.24) is 9.97 Å². The van der Waals surface area contributed by atoms with Gasteiger partial charge in [0, 0.05) is 12.1 Å². The molecule has 0 amide bonds. The quantitative estimate of drug-likeness (QED) is 0.873. The van der Waals surface area contributed by atoms with Gasteiger partial charge in [-0.15, -0.1) is 0 Å². The minimum Gasteiger partial charge on any atom is -0.368 e. The molecule has 0 unspecified atom stereocenters. The fourth-order valence-electron chi connectivity index (χ4n) is 1.84. The van der Waals surface area contributed by atoms with Crippen LogP contribution in [0.25, 0.3) is 11.3 Å². The largest absolute Gasteiger partial charge is 0.368 e. The standard InChI is InChI=1S/C15H17Cl2N3/c1-4-8-18-15-14(19-9(2)10(3)20-15)11-6-5-7-12(16)13(11)17/h5-7H,4,8H2,1-3H3,(H,18,20). The molecule has 0 spiro atoms. The molecular weight excluding hydrogens is 293 g/mol. The van der Waals surface area contributed by atoms with Crippen molar-refractivity contribution in [2.75, 3.05) is 11.9 Å². The smallest absolute Gasteiger partial charge is 0.152 e. The van der Waals surface area contributed by atoms with Gasteiger partial charge in [0.25, 0.3) is 0 Å². The third-order valence-corrected chi connectivity index (χ3v) is 3.87. The van der Waals surface area contributed by atoms with E-state index in [0.29, 0.717) is 10.0 Å². The first-order valence-electron chi connectivity index (χ1n) is 6.58. The Labute approximate surface area is 129 Å². The van der Waals surface area contributed by atoms with E-state index in [0.717, 1.165) is 41.4 Å². The highest BCUT2D eigenvalue weighted by atomic mass is 35.5. The van der Waals surface area contributed by atoms with Gasteiger partial charge in [-0.2, -0.15) is 0 Å². The number of rotatable bonds is 4. The summed E-state index contributed by atoms with van der Waals surface area (Å²) in [6.07, 6.45) is 1.01. The summed E-state index contributed by atoms with van der Waals surface area (Å²) in [5, 5.41) is 4.33. The van der Waals surface area contributed by atoms with Gasteiger partial charge in [-0.05, 0) is 26.3 Å². The maximum Gasteiger partial charge on any atom is 0.152 e. The molecule has 0 fully saturated rings. The average Bonchev–Trinajstić information content (AvgIpc) is 2.43. The minimum atomic E-state index is 0.506. The number of hydrogen-bond acceptors (Lipinski definition) is 3. The highest BCUT2D eigenvalue weighted by Gasteiger charge is 2.15. The van der Waals surface area contributed by atoms with Crippen LogP contribution in [-0.4, -0.2) is 16.5 Å². The summed E-state index contributed by atoms with van der Waals surface area (Å²) in [6, 6.07) is 5.54. The summed E-state index contributed by atoms with van der Waals surface area (Å²) in [6.45, 7) is 6.83. The second kappa shape index (κ2) is 6.42. The monoisotopic (exact) mass is 309 g/mol. The number of aromatic nitrogens is 2. The Kier molecular flexibility index (Phi) is 4.84. The van der Waals surface area contributed by atoms with Crippen LogP contribution in [-0.2, 0) is 0 Å². The third kappa shape index (κ3) is 3.05. The lowest BCUT2D eigenvalue weighted by Gasteiger charge is -2.14. The number of aryl methyl sites for hydroxylation is 2. The fourth-order valence-corrected chi connectivity index (χ4v) is 2.23. The molecule has 0 aliphatic carbocycles. The Hall–Kier alpha value is -1.32. The number of halogens is 2. The maximum absolute atomic E-state index is 6.30. The summed E-state index contributed by atoms with van der Waals surface area (Å²) >= 11 is 12.4. The van der Waals surface area contributed by atoms with E-state index in [1.54, 1.807) is 6.07 Å². The van der Waals surface area contributed by atoms with E-state index >= 15 is 0 Å². The lowest BCUT2D eigenvalue weighted by Crippen LogP contribution is -2.07. The predicted octanol–water partition coefficient (Wildman–Crippen LogP) is 4.89. The van der Waals surface area contributed by atoms with Crippen molar-refractivity contribution in [2.45, 2.75) is 27.2 Å². The SMILES string of the molecule is CCCNc1nc(C)c(C)nc1-c1cccc(Cl)c1Cl. The number of benzene rings is 1. The Morgan fingerprint density at radius 3 is 2.50 bits per heavy atom. The summed E-state index contributed by atoms with van der Waals surface area (Å²) in [5.41, 5.74) is 3.34. The first-order valence-corrected chi connectivity index (χ1v) is 7.33. The summed E-state index contributed by atoms with van der Waals surface area (Å²) in [4.78, 5) is 9.21. The van der Waals surface area contributed by atoms with Crippen molar-refractivity contribution < 1.29 is 0 Å². The van der Waals surface area contributed by atoms with Crippen LogP contribution in [0.3, 0.4) is 0 Å². The van der Waals surface area contributed by atoms with Crippen LogP contribution >= 0.6 is 23.2 Å². The van der Waals surface area contributed by atoms with Crippen molar-refractivity contribution in [3.05, 3.63) is 39.6 Å².